The van der Waals surface area contributed by atoms with Gasteiger partial charge in [-0.15, -0.1) is 0 Å². The molecule has 2 rings (SSSR count). The number of ether oxygens (including phenoxy) is 3. The molecule has 5 heteroatoms. The van der Waals surface area contributed by atoms with E-state index < -0.39 is 18.2 Å². The molecule has 1 aromatic carbocycles. The maximum absolute atomic E-state index is 11.0. The molecule has 0 spiro atoms. The highest BCUT2D eigenvalue weighted by Crippen LogP contribution is 2.34. The first-order valence-electron chi connectivity index (χ1n) is 6.21. The van der Waals surface area contributed by atoms with Gasteiger partial charge in [0.25, 0.3) is 0 Å². The van der Waals surface area contributed by atoms with E-state index in [9.17, 15) is 9.90 Å². The largest absolute Gasteiger partial charge is 0.496 e. The third-order valence-electron chi connectivity index (χ3n) is 3.15. The zero-order valence-corrected chi connectivity index (χ0v) is 11.0. The molecule has 0 aliphatic carbocycles. The van der Waals surface area contributed by atoms with Gasteiger partial charge in [-0.05, 0) is 6.07 Å². The lowest BCUT2D eigenvalue weighted by Gasteiger charge is -2.33. The van der Waals surface area contributed by atoms with Crippen LogP contribution in [0, 0.1) is 0 Å². The van der Waals surface area contributed by atoms with Crippen molar-refractivity contribution in [2.75, 3.05) is 13.7 Å². The molecular formula is C14H18O5. The Morgan fingerprint density at radius 3 is 2.84 bits per heavy atom. The Morgan fingerprint density at radius 1 is 1.42 bits per heavy atom. The number of benzene rings is 1. The third kappa shape index (κ3) is 3.24. The van der Waals surface area contributed by atoms with Crippen LogP contribution in [0.15, 0.2) is 24.3 Å². The number of rotatable bonds is 3. The first-order valence-corrected chi connectivity index (χ1v) is 6.21. The first-order chi connectivity index (χ1) is 9.11. The Kier molecular flexibility index (Phi) is 4.39. The molecule has 1 heterocycles. The molecule has 0 radical (unpaired) electrons. The summed E-state index contributed by atoms with van der Waals surface area (Å²) in [5, 5.41) is 9.78. The smallest absolute Gasteiger partial charge is 0.302 e. The van der Waals surface area contributed by atoms with Gasteiger partial charge in [0.15, 0.2) is 0 Å². The molecule has 1 aromatic rings. The summed E-state index contributed by atoms with van der Waals surface area (Å²) in [4.78, 5) is 11.0. The predicted octanol–water partition coefficient (Wildman–Crippen LogP) is 1.45. The first kappa shape index (κ1) is 13.8. The van der Waals surface area contributed by atoms with E-state index in [0.717, 1.165) is 11.3 Å². The van der Waals surface area contributed by atoms with Crippen molar-refractivity contribution in [1.29, 1.82) is 0 Å². The van der Waals surface area contributed by atoms with Crippen LogP contribution in [0.5, 0.6) is 5.75 Å². The Balaban J connectivity index is 2.15. The van der Waals surface area contributed by atoms with E-state index in [4.69, 9.17) is 14.2 Å². The van der Waals surface area contributed by atoms with Gasteiger partial charge in [-0.25, -0.2) is 0 Å². The molecule has 1 N–H and O–H groups in total. The molecule has 1 aliphatic rings. The molecule has 3 atom stereocenters. The number of methoxy groups -OCH3 is 1. The molecule has 0 aromatic heterocycles. The van der Waals surface area contributed by atoms with Crippen LogP contribution in [0.1, 0.15) is 25.0 Å². The van der Waals surface area contributed by atoms with Crippen LogP contribution < -0.4 is 4.74 Å². The van der Waals surface area contributed by atoms with Crippen LogP contribution in [0.3, 0.4) is 0 Å². The summed E-state index contributed by atoms with van der Waals surface area (Å²) in [5.74, 6) is 0.329. The van der Waals surface area contributed by atoms with Crippen molar-refractivity contribution < 1.29 is 24.1 Å². The summed E-state index contributed by atoms with van der Waals surface area (Å²) in [7, 11) is 1.60. The molecule has 1 saturated heterocycles. The summed E-state index contributed by atoms with van der Waals surface area (Å²) in [6, 6.07) is 7.53. The summed E-state index contributed by atoms with van der Waals surface area (Å²) >= 11 is 0. The van der Waals surface area contributed by atoms with Gasteiger partial charge in [-0.2, -0.15) is 0 Å². The summed E-state index contributed by atoms with van der Waals surface area (Å²) in [5.41, 5.74) is 0.897. The summed E-state index contributed by atoms with van der Waals surface area (Å²) in [6.45, 7) is 1.47. The van der Waals surface area contributed by atoms with Crippen LogP contribution in [0.2, 0.25) is 0 Å². The van der Waals surface area contributed by atoms with Crippen LogP contribution in [-0.4, -0.2) is 37.0 Å². The standard InChI is InChI=1S/C14H18O5/c1-9(15)19-14-7-13(18-8-11(14)16)10-5-3-4-6-12(10)17-2/h3-6,11,13-14,16H,7-8H2,1-2H3/t11-,13+,14-/m1/s1. The second-order valence-electron chi connectivity index (χ2n) is 4.51. The van der Waals surface area contributed by atoms with Gasteiger partial charge in [0.1, 0.15) is 18.0 Å². The fourth-order valence-corrected chi connectivity index (χ4v) is 2.25. The van der Waals surface area contributed by atoms with Crippen molar-refractivity contribution in [3.8, 4) is 5.75 Å². The maximum Gasteiger partial charge on any atom is 0.302 e. The predicted molar refractivity (Wildman–Crippen MR) is 67.9 cm³/mol. The minimum absolute atomic E-state index is 0.140. The zero-order chi connectivity index (χ0) is 13.8. The molecule has 104 valence electrons. The molecule has 0 amide bonds. The lowest BCUT2D eigenvalue weighted by atomic mass is 9.97. The van der Waals surface area contributed by atoms with E-state index in [0.29, 0.717) is 6.42 Å². The van der Waals surface area contributed by atoms with Crippen LogP contribution in [0.25, 0.3) is 0 Å². The van der Waals surface area contributed by atoms with E-state index in [1.54, 1.807) is 7.11 Å². The molecular weight excluding hydrogens is 248 g/mol. The van der Waals surface area contributed by atoms with Crippen molar-refractivity contribution in [2.45, 2.75) is 31.7 Å². The third-order valence-corrected chi connectivity index (χ3v) is 3.15. The second kappa shape index (κ2) is 6.04. The molecule has 5 nitrogen and oxygen atoms in total. The fourth-order valence-electron chi connectivity index (χ4n) is 2.25. The van der Waals surface area contributed by atoms with Gasteiger partial charge in [0, 0.05) is 18.9 Å². The zero-order valence-electron chi connectivity index (χ0n) is 11.0. The number of aliphatic hydroxyl groups is 1. The molecule has 0 saturated carbocycles. The van der Waals surface area contributed by atoms with Crippen molar-refractivity contribution in [1.82, 2.24) is 0 Å². The number of para-hydroxylation sites is 1. The van der Waals surface area contributed by atoms with Gasteiger partial charge in [-0.1, -0.05) is 18.2 Å². The van der Waals surface area contributed by atoms with Crippen molar-refractivity contribution in [3.63, 3.8) is 0 Å². The highest BCUT2D eigenvalue weighted by Gasteiger charge is 2.34. The lowest BCUT2D eigenvalue weighted by Crippen LogP contribution is -2.40. The number of carbonyl (C=O) groups is 1. The number of aliphatic hydroxyl groups excluding tert-OH is 1. The van der Waals surface area contributed by atoms with E-state index in [-0.39, 0.29) is 12.7 Å². The van der Waals surface area contributed by atoms with Crippen LogP contribution in [-0.2, 0) is 14.3 Å². The highest BCUT2D eigenvalue weighted by molar-refractivity contribution is 5.66. The number of carbonyl (C=O) groups excluding carboxylic acids is 1. The van der Waals surface area contributed by atoms with Gasteiger partial charge < -0.3 is 19.3 Å². The van der Waals surface area contributed by atoms with Gasteiger partial charge in [-0.3, -0.25) is 4.79 Å². The quantitative estimate of drug-likeness (QED) is 0.839. The Hall–Kier alpha value is -1.59. The van der Waals surface area contributed by atoms with E-state index in [1.165, 1.54) is 6.92 Å². The fraction of sp³-hybridized carbons (Fsp3) is 0.500. The SMILES string of the molecule is COc1ccccc1[C@@H]1C[C@@H](OC(C)=O)[C@H](O)CO1. The monoisotopic (exact) mass is 266 g/mol. The minimum Gasteiger partial charge on any atom is -0.496 e. The van der Waals surface area contributed by atoms with Crippen LogP contribution in [0.4, 0.5) is 0 Å². The van der Waals surface area contributed by atoms with Crippen LogP contribution >= 0.6 is 0 Å². The van der Waals surface area contributed by atoms with Crippen molar-refractivity contribution >= 4 is 5.97 Å². The molecule has 0 bridgehead atoms. The highest BCUT2D eigenvalue weighted by atomic mass is 16.6. The lowest BCUT2D eigenvalue weighted by molar-refractivity contribution is -0.171. The van der Waals surface area contributed by atoms with E-state index in [2.05, 4.69) is 0 Å². The number of hydrogen-bond donors (Lipinski definition) is 1. The van der Waals surface area contributed by atoms with Gasteiger partial charge in [0.2, 0.25) is 0 Å². The topological polar surface area (TPSA) is 65.0 Å². The molecule has 0 unspecified atom stereocenters. The van der Waals surface area contributed by atoms with Crippen molar-refractivity contribution in [3.05, 3.63) is 29.8 Å². The van der Waals surface area contributed by atoms with E-state index >= 15 is 0 Å². The number of esters is 1. The van der Waals surface area contributed by atoms with Gasteiger partial charge in [0.05, 0.1) is 19.8 Å². The maximum atomic E-state index is 11.0. The molecule has 1 fully saturated rings. The Labute approximate surface area is 112 Å². The normalized spacial score (nSPS) is 26.8. The van der Waals surface area contributed by atoms with E-state index in [1.807, 2.05) is 24.3 Å². The van der Waals surface area contributed by atoms with Gasteiger partial charge >= 0.3 is 5.97 Å². The Morgan fingerprint density at radius 2 is 2.16 bits per heavy atom. The summed E-state index contributed by atoms with van der Waals surface area (Å²) in [6.07, 6.45) is -1.15. The average Bonchev–Trinajstić information content (AvgIpc) is 2.41. The minimum atomic E-state index is -0.783. The molecule has 19 heavy (non-hydrogen) atoms. The molecule has 1 aliphatic heterocycles. The number of hydrogen-bond acceptors (Lipinski definition) is 5. The summed E-state index contributed by atoms with van der Waals surface area (Å²) < 4.78 is 16.0. The Bertz CT molecular complexity index is 445. The average molecular weight is 266 g/mol. The second-order valence-corrected chi connectivity index (χ2v) is 4.51. The van der Waals surface area contributed by atoms with Crippen molar-refractivity contribution in [2.24, 2.45) is 0 Å².